The second-order valence-corrected chi connectivity index (χ2v) is 5.56. The van der Waals surface area contributed by atoms with Crippen LogP contribution in [0.1, 0.15) is 40.5 Å². The summed E-state index contributed by atoms with van der Waals surface area (Å²) >= 11 is 0. The topological polar surface area (TPSA) is 51.2 Å². The number of ketones is 1. The molecule has 0 bridgehead atoms. The maximum absolute atomic E-state index is 11.7. The number of Topliss-reactive ketones (excluding diaryl/α,β-unsaturated/α-hetero) is 1. The van der Waals surface area contributed by atoms with Crippen LogP contribution < -0.4 is 10.1 Å². The van der Waals surface area contributed by atoms with Gasteiger partial charge in [-0.1, -0.05) is 6.92 Å². The van der Waals surface area contributed by atoms with E-state index in [1.165, 1.54) is 0 Å². The van der Waals surface area contributed by atoms with E-state index >= 15 is 0 Å². The molecule has 1 heterocycles. The van der Waals surface area contributed by atoms with Crippen molar-refractivity contribution >= 4 is 17.2 Å². The molecule has 0 fully saturated rings. The molecule has 1 aliphatic rings. The monoisotopic (exact) mass is 296 g/mol. The third-order valence-electron chi connectivity index (χ3n) is 4.13. The zero-order valence-corrected chi connectivity index (χ0v) is 13.2. The summed E-state index contributed by atoms with van der Waals surface area (Å²) < 4.78 is 5.32. The predicted octanol–water partition coefficient (Wildman–Crippen LogP) is 3.83. The molecule has 4 heteroatoms. The van der Waals surface area contributed by atoms with Crippen molar-refractivity contribution in [3.63, 3.8) is 0 Å². The van der Waals surface area contributed by atoms with Crippen molar-refractivity contribution in [1.29, 1.82) is 0 Å². The number of aromatic nitrogens is 1. The Bertz CT molecular complexity index is 738. The third-order valence-corrected chi connectivity index (χ3v) is 4.13. The Hall–Kier alpha value is -2.36. The van der Waals surface area contributed by atoms with Gasteiger partial charge in [-0.2, -0.15) is 0 Å². The highest BCUT2D eigenvalue weighted by molar-refractivity contribution is 6.00. The Kier molecular flexibility index (Phi) is 3.84. The number of aryl methyl sites for hydroxylation is 3. The summed E-state index contributed by atoms with van der Waals surface area (Å²) in [6.45, 7) is 4.04. The number of carbonyl (C=O) groups is 1. The van der Waals surface area contributed by atoms with Crippen LogP contribution in [0.4, 0.5) is 11.4 Å². The van der Waals surface area contributed by atoms with E-state index in [9.17, 15) is 4.79 Å². The molecule has 0 aliphatic heterocycles. The Morgan fingerprint density at radius 2 is 2.09 bits per heavy atom. The van der Waals surface area contributed by atoms with Crippen molar-refractivity contribution in [2.75, 3.05) is 12.4 Å². The van der Waals surface area contributed by atoms with Gasteiger partial charge in [-0.05, 0) is 49.6 Å². The van der Waals surface area contributed by atoms with Crippen LogP contribution in [-0.2, 0) is 12.8 Å². The number of benzene rings is 1. The first kappa shape index (κ1) is 14.6. The van der Waals surface area contributed by atoms with E-state index in [4.69, 9.17) is 4.74 Å². The highest BCUT2D eigenvalue weighted by Gasteiger charge is 2.19. The Balaban J connectivity index is 1.92. The van der Waals surface area contributed by atoms with Gasteiger partial charge in [0.1, 0.15) is 0 Å². The maximum atomic E-state index is 11.7. The third kappa shape index (κ3) is 2.56. The van der Waals surface area contributed by atoms with E-state index in [1.54, 1.807) is 7.11 Å². The fourth-order valence-electron chi connectivity index (χ4n) is 2.87. The molecule has 0 amide bonds. The van der Waals surface area contributed by atoms with Gasteiger partial charge in [-0.3, -0.25) is 4.79 Å². The number of hydrogen-bond acceptors (Lipinski definition) is 4. The highest BCUT2D eigenvalue weighted by atomic mass is 16.5. The normalized spacial score (nSPS) is 13.1. The average molecular weight is 296 g/mol. The molecule has 0 atom stereocenters. The molecular weight excluding hydrogens is 276 g/mol. The molecule has 0 saturated carbocycles. The summed E-state index contributed by atoms with van der Waals surface area (Å²) in [5.41, 5.74) is 5.93. The second kappa shape index (κ2) is 5.79. The minimum Gasteiger partial charge on any atom is -0.481 e. The fraction of sp³-hybridized carbons (Fsp3) is 0.333. The Morgan fingerprint density at radius 1 is 1.27 bits per heavy atom. The first-order chi connectivity index (χ1) is 10.6. The van der Waals surface area contributed by atoms with E-state index in [0.29, 0.717) is 12.3 Å². The van der Waals surface area contributed by atoms with Crippen molar-refractivity contribution in [2.45, 2.75) is 33.1 Å². The predicted molar refractivity (Wildman–Crippen MR) is 87.3 cm³/mol. The summed E-state index contributed by atoms with van der Waals surface area (Å²) in [7, 11) is 1.64. The lowest BCUT2D eigenvalue weighted by molar-refractivity contribution is 0.0994. The smallest absolute Gasteiger partial charge is 0.216 e. The van der Waals surface area contributed by atoms with Gasteiger partial charge in [-0.15, -0.1) is 0 Å². The van der Waals surface area contributed by atoms with Gasteiger partial charge in [0, 0.05) is 23.2 Å². The first-order valence-corrected chi connectivity index (χ1v) is 7.60. The van der Waals surface area contributed by atoms with Crippen LogP contribution in [0.5, 0.6) is 5.88 Å². The van der Waals surface area contributed by atoms with Gasteiger partial charge in [0.05, 0.1) is 18.5 Å². The molecule has 114 valence electrons. The van der Waals surface area contributed by atoms with Gasteiger partial charge in [-0.25, -0.2) is 4.98 Å². The minimum atomic E-state index is 0.247. The summed E-state index contributed by atoms with van der Waals surface area (Å²) in [6, 6.07) is 8.02. The number of methoxy groups -OCH3 is 1. The lowest BCUT2D eigenvalue weighted by atomic mass is 10.1. The van der Waals surface area contributed by atoms with Gasteiger partial charge in [0.2, 0.25) is 5.88 Å². The fourth-order valence-corrected chi connectivity index (χ4v) is 2.87. The first-order valence-electron chi connectivity index (χ1n) is 7.60. The van der Waals surface area contributed by atoms with Crippen LogP contribution in [0.3, 0.4) is 0 Å². The second-order valence-electron chi connectivity index (χ2n) is 5.56. The van der Waals surface area contributed by atoms with E-state index in [1.807, 2.05) is 19.1 Å². The van der Waals surface area contributed by atoms with Gasteiger partial charge in [0.25, 0.3) is 0 Å². The molecule has 3 rings (SSSR count). The largest absolute Gasteiger partial charge is 0.481 e. The SMILES string of the molecule is CCc1cc(Nc2ccc3c(c2)CCC3=O)c(C)nc1OC. The lowest BCUT2D eigenvalue weighted by Crippen LogP contribution is -2.01. The quantitative estimate of drug-likeness (QED) is 0.931. The summed E-state index contributed by atoms with van der Waals surface area (Å²) in [5.74, 6) is 0.933. The number of rotatable bonds is 4. The molecule has 1 aromatic heterocycles. The molecule has 1 aromatic carbocycles. The minimum absolute atomic E-state index is 0.247. The van der Waals surface area contributed by atoms with Crippen LogP contribution in [0.2, 0.25) is 0 Å². The van der Waals surface area contributed by atoms with Crippen LogP contribution in [-0.4, -0.2) is 17.9 Å². The summed E-state index contributed by atoms with van der Waals surface area (Å²) in [4.78, 5) is 16.2. The molecule has 0 saturated heterocycles. The number of hydrogen-bond donors (Lipinski definition) is 1. The van der Waals surface area contributed by atoms with Crippen molar-refractivity contribution in [1.82, 2.24) is 4.98 Å². The van der Waals surface area contributed by atoms with Crippen molar-refractivity contribution in [3.8, 4) is 5.88 Å². The maximum Gasteiger partial charge on any atom is 0.216 e. The van der Waals surface area contributed by atoms with E-state index in [2.05, 4.69) is 29.4 Å². The van der Waals surface area contributed by atoms with Crippen molar-refractivity contribution < 1.29 is 9.53 Å². The molecule has 0 radical (unpaired) electrons. The van der Waals surface area contributed by atoms with Gasteiger partial charge in [0.15, 0.2) is 5.78 Å². The molecule has 0 unspecified atom stereocenters. The highest BCUT2D eigenvalue weighted by Crippen LogP contribution is 2.29. The number of nitrogens with one attached hydrogen (secondary N) is 1. The van der Waals surface area contributed by atoms with Crippen LogP contribution in [0.25, 0.3) is 0 Å². The van der Waals surface area contributed by atoms with Crippen molar-refractivity contribution in [2.24, 2.45) is 0 Å². The zero-order valence-electron chi connectivity index (χ0n) is 13.2. The van der Waals surface area contributed by atoms with Crippen LogP contribution in [0, 0.1) is 6.92 Å². The number of nitrogens with zero attached hydrogens (tertiary/aromatic N) is 1. The molecule has 2 aromatic rings. The van der Waals surface area contributed by atoms with Gasteiger partial charge < -0.3 is 10.1 Å². The van der Waals surface area contributed by atoms with E-state index in [0.717, 1.165) is 46.6 Å². The number of fused-ring (bicyclic) bond motifs is 1. The Morgan fingerprint density at radius 3 is 2.82 bits per heavy atom. The molecule has 4 nitrogen and oxygen atoms in total. The molecule has 22 heavy (non-hydrogen) atoms. The average Bonchev–Trinajstić information content (AvgIpc) is 2.89. The van der Waals surface area contributed by atoms with Crippen LogP contribution in [0.15, 0.2) is 24.3 Å². The molecule has 1 aliphatic carbocycles. The molecular formula is C18H20N2O2. The summed E-state index contributed by atoms with van der Waals surface area (Å²) in [6.07, 6.45) is 2.33. The Labute approximate surface area is 130 Å². The standard InChI is InChI=1S/C18H20N2O2/c1-4-12-10-16(11(2)19-18(12)22-3)20-14-6-7-15-13(9-14)5-8-17(15)21/h6-7,9-10,20H,4-5,8H2,1-3H3. The molecule has 0 spiro atoms. The lowest BCUT2D eigenvalue weighted by Gasteiger charge is -2.14. The van der Waals surface area contributed by atoms with E-state index in [-0.39, 0.29) is 5.78 Å². The number of ether oxygens (including phenoxy) is 1. The zero-order chi connectivity index (χ0) is 15.7. The molecule has 1 N–H and O–H groups in total. The van der Waals surface area contributed by atoms with Crippen molar-refractivity contribution in [3.05, 3.63) is 46.6 Å². The number of anilines is 2. The number of pyridine rings is 1. The van der Waals surface area contributed by atoms with Gasteiger partial charge >= 0.3 is 0 Å². The van der Waals surface area contributed by atoms with E-state index < -0.39 is 0 Å². The summed E-state index contributed by atoms with van der Waals surface area (Å²) in [5, 5.41) is 3.41. The van der Waals surface area contributed by atoms with Crippen LogP contribution >= 0.6 is 0 Å². The number of carbonyl (C=O) groups excluding carboxylic acids is 1.